The monoisotopic (exact) mass is 274 g/mol. The first-order chi connectivity index (χ1) is 9.47. The first kappa shape index (κ1) is 13.1. The van der Waals surface area contributed by atoms with E-state index < -0.39 is 5.97 Å². The molecule has 3 N–H and O–H groups in total. The molecule has 1 saturated heterocycles. The zero-order valence-electron chi connectivity index (χ0n) is 11.6. The summed E-state index contributed by atoms with van der Waals surface area (Å²) in [5, 5.41) is 15.3. The molecule has 0 bridgehead atoms. The number of aliphatic carboxylic acids is 1. The fourth-order valence-corrected chi connectivity index (χ4v) is 3.24. The molecule has 0 aromatic heterocycles. The average molecular weight is 274 g/mol. The van der Waals surface area contributed by atoms with Gasteiger partial charge in [-0.2, -0.15) is 0 Å². The summed E-state index contributed by atoms with van der Waals surface area (Å²) in [6.07, 6.45) is 0.987. The van der Waals surface area contributed by atoms with Crippen LogP contribution in [0.4, 0.5) is 5.69 Å². The predicted octanol–water partition coefficient (Wildman–Crippen LogP) is 1.53. The van der Waals surface area contributed by atoms with Crippen molar-refractivity contribution in [2.24, 2.45) is 5.92 Å². The van der Waals surface area contributed by atoms with Crippen LogP contribution in [0.1, 0.15) is 34.7 Å². The van der Waals surface area contributed by atoms with Gasteiger partial charge in [-0.15, -0.1) is 0 Å². The molecule has 1 aromatic rings. The fourth-order valence-electron chi connectivity index (χ4n) is 3.24. The van der Waals surface area contributed by atoms with E-state index in [1.807, 2.05) is 13.8 Å². The van der Waals surface area contributed by atoms with Crippen molar-refractivity contribution >= 4 is 17.6 Å². The summed E-state index contributed by atoms with van der Waals surface area (Å²) in [5.41, 5.74) is 5.26. The number of anilines is 1. The number of carboxylic acids is 1. The molecule has 106 valence electrons. The number of amides is 1. The number of hydrogen-bond donors (Lipinski definition) is 3. The number of carboxylic acid groups (broad SMARTS) is 1. The van der Waals surface area contributed by atoms with Gasteiger partial charge in [0.15, 0.2) is 0 Å². The maximum absolute atomic E-state index is 11.6. The molecule has 2 aliphatic heterocycles. The Balaban J connectivity index is 2.02. The van der Waals surface area contributed by atoms with Gasteiger partial charge in [-0.05, 0) is 42.5 Å². The molecule has 2 aliphatic rings. The first-order valence-electron chi connectivity index (χ1n) is 6.86. The van der Waals surface area contributed by atoms with E-state index in [2.05, 4.69) is 16.7 Å². The van der Waals surface area contributed by atoms with E-state index in [-0.39, 0.29) is 17.9 Å². The van der Waals surface area contributed by atoms with Crippen LogP contribution in [0.5, 0.6) is 0 Å². The minimum absolute atomic E-state index is 0.00292. The maximum atomic E-state index is 11.6. The summed E-state index contributed by atoms with van der Waals surface area (Å²) in [6, 6.07) is 2.05. The molecule has 1 aromatic carbocycles. The number of carbonyl (C=O) groups excluding carboxylic acids is 1. The van der Waals surface area contributed by atoms with Crippen molar-refractivity contribution in [1.29, 1.82) is 0 Å². The van der Waals surface area contributed by atoms with Crippen LogP contribution in [-0.2, 0) is 16.0 Å². The van der Waals surface area contributed by atoms with Crippen molar-refractivity contribution < 1.29 is 14.7 Å². The van der Waals surface area contributed by atoms with Crippen molar-refractivity contribution in [3.63, 3.8) is 0 Å². The second-order valence-corrected chi connectivity index (χ2v) is 5.72. The van der Waals surface area contributed by atoms with Crippen molar-refractivity contribution in [3.05, 3.63) is 28.3 Å². The number of nitrogens with one attached hydrogen (secondary N) is 2. The van der Waals surface area contributed by atoms with E-state index in [9.17, 15) is 9.59 Å². The van der Waals surface area contributed by atoms with E-state index in [1.54, 1.807) is 0 Å². The van der Waals surface area contributed by atoms with E-state index in [0.29, 0.717) is 19.4 Å². The molecule has 2 heterocycles. The van der Waals surface area contributed by atoms with E-state index in [0.717, 1.165) is 27.9 Å². The van der Waals surface area contributed by atoms with E-state index in [1.165, 1.54) is 0 Å². The van der Waals surface area contributed by atoms with Gasteiger partial charge in [-0.3, -0.25) is 9.59 Å². The average Bonchev–Trinajstić information content (AvgIpc) is 2.97. The fraction of sp³-hybridized carbons (Fsp3) is 0.467. The molecule has 0 saturated carbocycles. The third kappa shape index (κ3) is 1.98. The lowest BCUT2D eigenvalue weighted by Crippen LogP contribution is -2.18. The molecule has 1 fully saturated rings. The van der Waals surface area contributed by atoms with Crippen molar-refractivity contribution in [2.45, 2.75) is 32.7 Å². The van der Waals surface area contributed by atoms with Gasteiger partial charge in [-0.25, -0.2) is 0 Å². The molecule has 2 unspecified atom stereocenters. The Bertz CT molecular complexity index is 610. The first-order valence-corrected chi connectivity index (χ1v) is 6.86. The Morgan fingerprint density at radius 1 is 1.40 bits per heavy atom. The number of hydrogen-bond acceptors (Lipinski definition) is 3. The van der Waals surface area contributed by atoms with Crippen LogP contribution in [0, 0.1) is 19.8 Å². The standard InChI is InChI=1S/C15H18N2O3/c1-7-3-9-5-12(18)17-14(9)13(8(7)2)11-4-10(6-16-11)15(19)20/h3,10-11,16H,4-6H2,1-2H3,(H,17,18)(H,19,20). The van der Waals surface area contributed by atoms with E-state index in [4.69, 9.17) is 5.11 Å². The lowest BCUT2D eigenvalue weighted by molar-refractivity contribution is -0.141. The second kappa shape index (κ2) is 4.59. The highest BCUT2D eigenvalue weighted by molar-refractivity contribution is 6.00. The lowest BCUT2D eigenvalue weighted by Gasteiger charge is -2.20. The minimum Gasteiger partial charge on any atom is -0.481 e. The third-order valence-corrected chi connectivity index (χ3v) is 4.42. The van der Waals surface area contributed by atoms with Crippen molar-refractivity contribution in [3.8, 4) is 0 Å². The Hall–Kier alpha value is -1.88. The summed E-state index contributed by atoms with van der Waals surface area (Å²) < 4.78 is 0. The van der Waals surface area contributed by atoms with Gasteiger partial charge in [0.1, 0.15) is 0 Å². The van der Waals surface area contributed by atoms with Crippen LogP contribution in [0.15, 0.2) is 6.07 Å². The quantitative estimate of drug-likeness (QED) is 0.764. The minimum atomic E-state index is -0.758. The number of carbonyl (C=O) groups is 2. The molecule has 5 heteroatoms. The highest BCUT2D eigenvalue weighted by Gasteiger charge is 2.34. The topological polar surface area (TPSA) is 78.4 Å². The maximum Gasteiger partial charge on any atom is 0.307 e. The predicted molar refractivity (Wildman–Crippen MR) is 74.7 cm³/mol. The SMILES string of the molecule is Cc1cc2c(c(C3CC(C(=O)O)CN3)c1C)NC(=O)C2. The van der Waals surface area contributed by atoms with Crippen LogP contribution in [0.2, 0.25) is 0 Å². The zero-order valence-corrected chi connectivity index (χ0v) is 11.6. The summed E-state index contributed by atoms with van der Waals surface area (Å²) in [5.74, 6) is -1.10. The highest BCUT2D eigenvalue weighted by Crippen LogP contribution is 2.39. The number of rotatable bonds is 2. The van der Waals surface area contributed by atoms with Crippen LogP contribution >= 0.6 is 0 Å². The Labute approximate surface area is 117 Å². The van der Waals surface area contributed by atoms with E-state index >= 15 is 0 Å². The normalized spacial score (nSPS) is 24.6. The summed E-state index contributed by atoms with van der Waals surface area (Å²) in [4.78, 5) is 22.7. The molecule has 3 rings (SSSR count). The molecule has 20 heavy (non-hydrogen) atoms. The van der Waals surface area contributed by atoms with Crippen LogP contribution in [0.3, 0.4) is 0 Å². The van der Waals surface area contributed by atoms with Crippen LogP contribution < -0.4 is 10.6 Å². The van der Waals surface area contributed by atoms with Gasteiger partial charge in [0, 0.05) is 18.3 Å². The molecule has 0 spiro atoms. The molecular weight excluding hydrogens is 256 g/mol. The van der Waals surface area contributed by atoms with Crippen molar-refractivity contribution in [2.75, 3.05) is 11.9 Å². The van der Waals surface area contributed by atoms with Gasteiger partial charge >= 0.3 is 5.97 Å². The third-order valence-electron chi connectivity index (χ3n) is 4.42. The molecule has 2 atom stereocenters. The molecule has 1 amide bonds. The summed E-state index contributed by atoms with van der Waals surface area (Å²) in [6.45, 7) is 4.55. The summed E-state index contributed by atoms with van der Waals surface area (Å²) in [7, 11) is 0. The van der Waals surface area contributed by atoms with Gasteiger partial charge in [0.05, 0.1) is 12.3 Å². The Morgan fingerprint density at radius 2 is 2.15 bits per heavy atom. The van der Waals surface area contributed by atoms with Gasteiger partial charge in [0.2, 0.25) is 5.91 Å². The van der Waals surface area contributed by atoms with Crippen molar-refractivity contribution in [1.82, 2.24) is 5.32 Å². The van der Waals surface area contributed by atoms with Gasteiger partial charge in [-0.1, -0.05) is 6.07 Å². The number of benzene rings is 1. The zero-order chi connectivity index (χ0) is 14.4. The largest absolute Gasteiger partial charge is 0.481 e. The Morgan fingerprint density at radius 3 is 2.80 bits per heavy atom. The summed E-state index contributed by atoms with van der Waals surface area (Å²) >= 11 is 0. The van der Waals surface area contributed by atoms with Crippen LogP contribution in [-0.4, -0.2) is 23.5 Å². The lowest BCUT2D eigenvalue weighted by atomic mass is 9.90. The molecule has 0 aliphatic carbocycles. The molecular formula is C15H18N2O3. The Kier molecular flexibility index (Phi) is 3.01. The van der Waals surface area contributed by atoms with Gasteiger partial charge < -0.3 is 15.7 Å². The molecule has 5 nitrogen and oxygen atoms in total. The van der Waals surface area contributed by atoms with Gasteiger partial charge in [0.25, 0.3) is 0 Å². The number of fused-ring (bicyclic) bond motifs is 1. The van der Waals surface area contributed by atoms with Crippen LogP contribution in [0.25, 0.3) is 0 Å². The highest BCUT2D eigenvalue weighted by atomic mass is 16.4. The smallest absolute Gasteiger partial charge is 0.307 e. The second-order valence-electron chi connectivity index (χ2n) is 5.72. The number of aryl methyl sites for hydroxylation is 1. The molecule has 0 radical (unpaired) electrons.